The van der Waals surface area contributed by atoms with E-state index in [0.29, 0.717) is 19.4 Å². The van der Waals surface area contributed by atoms with Gasteiger partial charge in [-0.2, -0.15) is 0 Å². The third-order valence-electron chi connectivity index (χ3n) is 3.91. The second-order valence-corrected chi connectivity index (χ2v) is 8.37. The summed E-state index contributed by atoms with van der Waals surface area (Å²) >= 11 is 0. The van der Waals surface area contributed by atoms with Gasteiger partial charge in [-0.3, -0.25) is 9.69 Å². The second-order valence-electron chi connectivity index (χ2n) is 8.37. The van der Waals surface area contributed by atoms with Crippen LogP contribution < -0.4 is 10.6 Å². The Kier molecular flexibility index (Phi) is 7.71. The number of carbonyl (C=O) groups excluding carboxylic acids is 3. The Morgan fingerprint density at radius 3 is 2.31 bits per heavy atom. The average molecular weight is 370 g/mol. The highest BCUT2D eigenvalue weighted by molar-refractivity contribution is 5.87. The van der Waals surface area contributed by atoms with Gasteiger partial charge in [-0.25, -0.2) is 9.59 Å². The van der Waals surface area contributed by atoms with Crippen LogP contribution in [0.25, 0.3) is 0 Å². The van der Waals surface area contributed by atoms with Crippen molar-refractivity contribution in [3.63, 3.8) is 0 Å². The van der Waals surface area contributed by atoms with Crippen LogP contribution in [-0.2, 0) is 9.53 Å². The summed E-state index contributed by atoms with van der Waals surface area (Å²) in [6.45, 7) is 9.92. The van der Waals surface area contributed by atoms with Crippen molar-refractivity contribution in [3.05, 3.63) is 0 Å². The lowest BCUT2D eigenvalue weighted by molar-refractivity contribution is -0.126. The second kappa shape index (κ2) is 9.09. The van der Waals surface area contributed by atoms with E-state index in [4.69, 9.17) is 4.74 Å². The zero-order chi connectivity index (χ0) is 20.1. The third kappa shape index (κ3) is 7.09. The van der Waals surface area contributed by atoms with Crippen LogP contribution in [0.3, 0.4) is 0 Å². The van der Waals surface area contributed by atoms with E-state index < -0.39 is 23.9 Å². The van der Waals surface area contributed by atoms with Gasteiger partial charge in [0.25, 0.3) is 0 Å². The molecule has 1 saturated heterocycles. The van der Waals surface area contributed by atoms with Crippen molar-refractivity contribution in [1.82, 2.24) is 20.4 Å². The number of likely N-dealkylation sites (tertiary alicyclic amines) is 1. The molecule has 4 amide bonds. The molecule has 26 heavy (non-hydrogen) atoms. The Morgan fingerprint density at radius 1 is 1.19 bits per heavy atom. The maximum absolute atomic E-state index is 12.7. The number of ether oxygens (including phenoxy) is 1. The summed E-state index contributed by atoms with van der Waals surface area (Å²) in [5.41, 5.74) is -0.611. The van der Waals surface area contributed by atoms with Crippen LogP contribution in [0, 0.1) is 5.92 Å². The molecule has 0 bridgehead atoms. The minimum absolute atomic E-state index is 0.266. The molecular weight excluding hydrogens is 336 g/mol. The third-order valence-corrected chi connectivity index (χ3v) is 3.91. The van der Waals surface area contributed by atoms with Crippen molar-refractivity contribution in [2.24, 2.45) is 5.92 Å². The number of rotatable bonds is 5. The SMILES string of the molecule is CC(C)C[C@@H](NC(=O)[C@@H]1CCCN1C(=O)OC(C)(C)C)NC(=O)N(C)C. The fourth-order valence-electron chi connectivity index (χ4n) is 2.75. The molecule has 2 N–H and O–H groups in total. The molecule has 0 unspecified atom stereocenters. The summed E-state index contributed by atoms with van der Waals surface area (Å²) in [4.78, 5) is 39.9. The standard InChI is InChI=1S/C18H34N4O4/c1-12(2)11-14(20-16(24)21(6)7)19-15(23)13-9-8-10-22(13)17(25)26-18(3,4)5/h12-14H,8-11H2,1-7H3,(H,19,23)(H,20,24)/t13-,14-/m0/s1. The van der Waals surface area contributed by atoms with Crippen molar-refractivity contribution in [1.29, 1.82) is 0 Å². The highest BCUT2D eigenvalue weighted by atomic mass is 16.6. The molecular formula is C18H34N4O4. The maximum atomic E-state index is 12.7. The van der Waals surface area contributed by atoms with Gasteiger partial charge in [0.15, 0.2) is 0 Å². The van der Waals surface area contributed by atoms with Gasteiger partial charge in [0.2, 0.25) is 5.91 Å². The van der Waals surface area contributed by atoms with E-state index in [9.17, 15) is 14.4 Å². The Labute approximate surface area is 156 Å². The molecule has 1 aliphatic heterocycles. The van der Waals surface area contributed by atoms with Gasteiger partial charge >= 0.3 is 12.1 Å². The molecule has 1 rings (SSSR count). The average Bonchev–Trinajstić information content (AvgIpc) is 2.93. The van der Waals surface area contributed by atoms with Gasteiger partial charge in [-0.15, -0.1) is 0 Å². The van der Waals surface area contributed by atoms with Crippen molar-refractivity contribution in [3.8, 4) is 0 Å². The first kappa shape index (κ1) is 22.1. The quantitative estimate of drug-likeness (QED) is 0.726. The summed E-state index contributed by atoms with van der Waals surface area (Å²) in [5.74, 6) is 0.0198. The lowest BCUT2D eigenvalue weighted by Gasteiger charge is -2.30. The number of amides is 4. The Hall–Kier alpha value is -1.99. The van der Waals surface area contributed by atoms with Crippen LogP contribution in [0.1, 0.15) is 53.9 Å². The predicted molar refractivity (Wildman–Crippen MR) is 99.6 cm³/mol. The van der Waals surface area contributed by atoms with Crippen LogP contribution >= 0.6 is 0 Å². The van der Waals surface area contributed by atoms with Crippen molar-refractivity contribution in [2.75, 3.05) is 20.6 Å². The molecule has 0 radical (unpaired) electrons. The van der Waals surface area contributed by atoms with Crippen LogP contribution in [0.4, 0.5) is 9.59 Å². The van der Waals surface area contributed by atoms with Gasteiger partial charge < -0.3 is 20.3 Å². The van der Waals surface area contributed by atoms with Crippen molar-refractivity contribution < 1.29 is 19.1 Å². The molecule has 150 valence electrons. The fraction of sp³-hybridized carbons (Fsp3) is 0.833. The number of nitrogens with zero attached hydrogens (tertiary/aromatic N) is 2. The van der Waals surface area contributed by atoms with Gasteiger partial charge in [-0.1, -0.05) is 13.8 Å². The maximum Gasteiger partial charge on any atom is 0.410 e. The largest absolute Gasteiger partial charge is 0.444 e. The zero-order valence-corrected chi connectivity index (χ0v) is 17.1. The first-order valence-corrected chi connectivity index (χ1v) is 9.18. The lowest BCUT2D eigenvalue weighted by atomic mass is 10.1. The first-order chi connectivity index (χ1) is 11.9. The predicted octanol–water partition coefficient (Wildman–Crippen LogP) is 2.15. The highest BCUT2D eigenvalue weighted by Gasteiger charge is 2.37. The van der Waals surface area contributed by atoms with E-state index in [0.717, 1.165) is 6.42 Å². The van der Waals surface area contributed by atoms with Crippen LogP contribution in [0.15, 0.2) is 0 Å². The van der Waals surface area contributed by atoms with Gasteiger partial charge in [0.05, 0.1) is 0 Å². The molecule has 1 heterocycles. The molecule has 8 nitrogen and oxygen atoms in total. The van der Waals surface area contributed by atoms with E-state index in [-0.39, 0.29) is 17.9 Å². The molecule has 1 aliphatic rings. The molecule has 1 fully saturated rings. The molecule has 0 aromatic heterocycles. The van der Waals surface area contributed by atoms with Crippen LogP contribution in [-0.4, -0.2) is 66.3 Å². The molecule has 0 aromatic rings. The Bertz CT molecular complexity index is 514. The Morgan fingerprint density at radius 2 is 1.81 bits per heavy atom. The molecule has 0 aromatic carbocycles. The lowest BCUT2D eigenvalue weighted by Crippen LogP contribution is -2.56. The number of nitrogens with one attached hydrogen (secondary N) is 2. The molecule has 0 saturated carbocycles. The molecule has 2 atom stereocenters. The first-order valence-electron chi connectivity index (χ1n) is 9.18. The fourth-order valence-corrected chi connectivity index (χ4v) is 2.75. The highest BCUT2D eigenvalue weighted by Crippen LogP contribution is 2.21. The summed E-state index contributed by atoms with van der Waals surface area (Å²) < 4.78 is 5.40. The summed E-state index contributed by atoms with van der Waals surface area (Å²) in [5, 5.41) is 5.68. The van der Waals surface area contributed by atoms with Crippen LogP contribution in [0.5, 0.6) is 0 Å². The van der Waals surface area contributed by atoms with E-state index in [1.807, 2.05) is 13.8 Å². The van der Waals surface area contributed by atoms with Gasteiger partial charge in [-0.05, 0) is 46.0 Å². The van der Waals surface area contributed by atoms with Crippen LogP contribution in [0.2, 0.25) is 0 Å². The zero-order valence-electron chi connectivity index (χ0n) is 17.1. The molecule has 8 heteroatoms. The number of urea groups is 1. The molecule has 0 spiro atoms. The monoisotopic (exact) mass is 370 g/mol. The normalized spacial score (nSPS) is 18.5. The Balaban J connectivity index is 2.77. The van der Waals surface area contributed by atoms with Crippen molar-refractivity contribution in [2.45, 2.75) is 71.7 Å². The van der Waals surface area contributed by atoms with E-state index in [1.54, 1.807) is 34.9 Å². The van der Waals surface area contributed by atoms with E-state index in [2.05, 4.69) is 10.6 Å². The topological polar surface area (TPSA) is 91.0 Å². The smallest absolute Gasteiger partial charge is 0.410 e. The number of hydrogen-bond donors (Lipinski definition) is 2. The van der Waals surface area contributed by atoms with Gasteiger partial charge in [0.1, 0.15) is 17.8 Å². The summed E-state index contributed by atoms with van der Waals surface area (Å²) in [7, 11) is 3.29. The minimum Gasteiger partial charge on any atom is -0.444 e. The van der Waals surface area contributed by atoms with Crippen molar-refractivity contribution >= 4 is 18.0 Å². The van der Waals surface area contributed by atoms with E-state index in [1.165, 1.54) is 9.80 Å². The van der Waals surface area contributed by atoms with Gasteiger partial charge in [0, 0.05) is 20.6 Å². The van der Waals surface area contributed by atoms with E-state index >= 15 is 0 Å². The minimum atomic E-state index is -0.611. The summed E-state index contributed by atoms with van der Waals surface area (Å²) in [6, 6.07) is -0.845. The molecule has 0 aliphatic carbocycles. The number of hydrogen-bond acceptors (Lipinski definition) is 4. The number of carbonyl (C=O) groups is 3. The summed E-state index contributed by atoms with van der Waals surface area (Å²) in [6.07, 6.45) is 0.966.